The zero-order chi connectivity index (χ0) is 13.3. The molecule has 0 aliphatic heterocycles. The van der Waals surface area contributed by atoms with Crippen molar-refractivity contribution in [3.8, 4) is 11.1 Å². The number of carbonyl (C=O) groups is 1. The lowest BCUT2D eigenvalue weighted by molar-refractivity contribution is -0.136. The zero-order valence-electron chi connectivity index (χ0n) is 10.1. The topological polar surface area (TPSA) is 55.1 Å². The van der Waals surface area contributed by atoms with Crippen molar-refractivity contribution in [2.24, 2.45) is 7.05 Å². The lowest BCUT2D eigenvalue weighted by atomic mass is 10.0. The maximum Gasteiger partial charge on any atom is 0.309 e. The van der Waals surface area contributed by atoms with Crippen LogP contribution in [-0.2, 0) is 18.3 Å². The van der Waals surface area contributed by atoms with Gasteiger partial charge in [0.1, 0.15) is 5.82 Å². The van der Waals surface area contributed by atoms with Crippen LogP contribution in [0.25, 0.3) is 11.1 Å². The molecule has 4 nitrogen and oxygen atoms in total. The number of rotatable bonds is 3. The average Bonchev–Trinajstić information content (AvgIpc) is 2.55. The van der Waals surface area contributed by atoms with Gasteiger partial charge in [-0.15, -0.1) is 0 Å². The fourth-order valence-electron chi connectivity index (χ4n) is 1.94. The summed E-state index contributed by atoms with van der Waals surface area (Å²) in [5, 5.41) is 13.1. The first-order valence-electron chi connectivity index (χ1n) is 5.49. The van der Waals surface area contributed by atoms with E-state index < -0.39 is 5.97 Å². The van der Waals surface area contributed by atoms with Gasteiger partial charge in [0.15, 0.2) is 0 Å². The summed E-state index contributed by atoms with van der Waals surface area (Å²) in [6, 6.07) is 5.97. The van der Waals surface area contributed by atoms with Crippen molar-refractivity contribution in [1.29, 1.82) is 0 Å². The molecule has 18 heavy (non-hydrogen) atoms. The number of aromatic nitrogens is 2. The van der Waals surface area contributed by atoms with Gasteiger partial charge in [-0.3, -0.25) is 9.48 Å². The van der Waals surface area contributed by atoms with Crippen LogP contribution in [0.15, 0.2) is 24.3 Å². The second kappa shape index (κ2) is 4.60. The Bertz CT molecular complexity index is 588. The molecular formula is C13H13FN2O2. The van der Waals surface area contributed by atoms with Crippen molar-refractivity contribution in [2.75, 3.05) is 0 Å². The van der Waals surface area contributed by atoms with E-state index in [1.165, 1.54) is 12.1 Å². The molecule has 1 aromatic carbocycles. The van der Waals surface area contributed by atoms with Crippen LogP contribution >= 0.6 is 0 Å². The second-order valence-corrected chi connectivity index (χ2v) is 4.11. The fraction of sp³-hybridized carbons (Fsp3) is 0.231. The Hall–Kier alpha value is -2.17. The molecule has 94 valence electrons. The normalized spacial score (nSPS) is 10.6. The van der Waals surface area contributed by atoms with E-state index in [1.807, 2.05) is 6.92 Å². The number of hydrogen-bond acceptors (Lipinski definition) is 2. The Balaban J connectivity index is 2.54. The third-order valence-corrected chi connectivity index (χ3v) is 2.86. The van der Waals surface area contributed by atoms with Crippen molar-refractivity contribution in [2.45, 2.75) is 13.3 Å². The predicted molar refractivity (Wildman–Crippen MR) is 64.7 cm³/mol. The van der Waals surface area contributed by atoms with E-state index >= 15 is 0 Å². The summed E-state index contributed by atoms with van der Waals surface area (Å²) in [6.07, 6.45) is -0.144. The van der Waals surface area contributed by atoms with Gasteiger partial charge < -0.3 is 5.11 Å². The molecule has 0 unspecified atom stereocenters. The van der Waals surface area contributed by atoms with Gasteiger partial charge in [0.2, 0.25) is 0 Å². The molecule has 0 saturated heterocycles. The SMILES string of the molecule is Cc1c(-c2ccc(F)cc2)c(CC(=O)O)nn1C. The lowest BCUT2D eigenvalue weighted by Crippen LogP contribution is -2.02. The molecule has 0 radical (unpaired) electrons. The third kappa shape index (κ3) is 2.25. The Morgan fingerprint density at radius 1 is 1.39 bits per heavy atom. The summed E-state index contributed by atoms with van der Waals surface area (Å²) in [5.41, 5.74) is 2.89. The van der Waals surface area contributed by atoms with Crippen LogP contribution in [-0.4, -0.2) is 20.9 Å². The number of carboxylic acids is 1. The quantitative estimate of drug-likeness (QED) is 0.905. The summed E-state index contributed by atoms with van der Waals surface area (Å²) >= 11 is 0. The second-order valence-electron chi connectivity index (χ2n) is 4.11. The molecule has 0 amide bonds. The number of benzene rings is 1. The van der Waals surface area contributed by atoms with Crippen LogP contribution in [0.5, 0.6) is 0 Å². The number of aryl methyl sites for hydroxylation is 1. The minimum Gasteiger partial charge on any atom is -0.481 e. The number of carboxylic acid groups (broad SMARTS) is 1. The molecular weight excluding hydrogens is 235 g/mol. The van der Waals surface area contributed by atoms with Gasteiger partial charge in [-0.05, 0) is 24.6 Å². The van der Waals surface area contributed by atoms with E-state index in [0.717, 1.165) is 16.8 Å². The van der Waals surface area contributed by atoms with Crippen LogP contribution in [0, 0.1) is 12.7 Å². The van der Waals surface area contributed by atoms with Gasteiger partial charge in [0.05, 0.1) is 12.1 Å². The van der Waals surface area contributed by atoms with Crippen molar-refractivity contribution >= 4 is 5.97 Å². The highest BCUT2D eigenvalue weighted by molar-refractivity contribution is 5.76. The number of hydrogen-bond donors (Lipinski definition) is 1. The van der Waals surface area contributed by atoms with Gasteiger partial charge >= 0.3 is 5.97 Å². The highest BCUT2D eigenvalue weighted by atomic mass is 19.1. The monoisotopic (exact) mass is 248 g/mol. The van der Waals surface area contributed by atoms with Gasteiger partial charge in [-0.1, -0.05) is 12.1 Å². The minimum atomic E-state index is -0.934. The molecule has 1 heterocycles. The van der Waals surface area contributed by atoms with Crippen LogP contribution < -0.4 is 0 Å². The lowest BCUT2D eigenvalue weighted by Gasteiger charge is -2.03. The predicted octanol–water partition coefficient (Wildman–Crippen LogP) is 2.16. The van der Waals surface area contributed by atoms with Crippen molar-refractivity contribution in [1.82, 2.24) is 9.78 Å². The smallest absolute Gasteiger partial charge is 0.309 e. The molecule has 1 N–H and O–H groups in total. The van der Waals surface area contributed by atoms with E-state index in [-0.39, 0.29) is 12.2 Å². The van der Waals surface area contributed by atoms with Crippen LogP contribution in [0.2, 0.25) is 0 Å². The van der Waals surface area contributed by atoms with Crippen LogP contribution in [0.3, 0.4) is 0 Å². The molecule has 0 atom stereocenters. The standard InChI is InChI=1S/C13H13FN2O2/c1-8-13(9-3-5-10(14)6-4-9)11(7-12(17)18)15-16(8)2/h3-6H,7H2,1-2H3,(H,17,18). The summed E-state index contributed by atoms with van der Waals surface area (Å²) in [4.78, 5) is 10.8. The first-order valence-corrected chi connectivity index (χ1v) is 5.49. The van der Waals surface area contributed by atoms with Crippen molar-refractivity contribution in [3.05, 3.63) is 41.5 Å². The summed E-state index contributed by atoms with van der Waals surface area (Å²) in [6.45, 7) is 1.86. The molecule has 2 rings (SSSR count). The largest absolute Gasteiger partial charge is 0.481 e. The first-order chi connectivity index (χ1) is 8.49. The Morgan fingerprint density at radius 3 is 2.56 bits per heavy atom. The highest BCUT2D eigenvalue weighted by Gasteiger charge is 2.17. The van der Waals surface area contributed by atoms with Gasteiger partial charge in [-0.25, -0.2) is 4.39 Å². The molecule has 0 fully saturated rings. The van der Waals surface area contributed by atoms with Gasteiger partial charge in [-0.2, -0.15) is 5.10 Å². The molecule has 0 spiro atoms. The van der Waals surface area contributed by atoms with Crippen LogP contribution in [0.1, 0.15) is 11.4 Å². The summed E-state index contributed by atoms with van der Waals surface area (Å²) in [7, 11) is 1.76. The first kappa shape index (κ1) is 12.3. The molecule has 5 heteroatoms. The Labute approximate surface area is 104 Å². The number of aliphatic carboxylic acids is 1. The van der Waals surface area contributed by atoms with Crippen molar-refractivity contribution < 1.29 is 14.3 Å². The molecule has 0 bridgehead atoms. The van der Waals surface area contributed by atoms with E-state index in [2.05, 4.69) is 5.10 Å². The number of halogens is 1. The van der Waals surface area contributed by atoms with Crippen LogP contribution in [0.4, 0.5) is 4.39 Å². The maximum atomic E-state index is 12.9. The summed E-state index contributed by atoms with van der Waals surface area (Å²) < 4.78 is 14.5. The minimum absolute atomic E-state index is 0.144. The Morgan fingerprint density at radius 2 is 2.00 bits per heavy atom. The third-order valence-electron chi connectivity index (χ3n) is 2.86. The summed E-state index contributed by atoms with van der Waals surface area (Å²) in [5.74, 6) is -1.25. The Kier molecular flexibility index (Phi) is 3.14. The molecule has 1 aromatic heterocycles. The molecule has 2 aromatic rings. The maximum absolute atomic E-state index is 12.9. The van der Waals surface area contributed by atoms with Gasteiger partial charge in [0.25, 0.3) is 0 Å². The van der Waals surface area contributed by atoms with Gasteiger partial charge in [0, 0.05) is 18.3 Å². The van der Waals surface area contributed by atoms with E-state index in [9.17, 15) is 9.18 Å². The average molecular weight is 248 g/mol. The number of nitrogens with zero attached hydrogens (tertiary/aromatic N) is 2. The molecule has 0 aliphatic rings. The van der Waals surface area contributed by atoms with E-state index in [4.69, 9.17) is 5.11 Å². The fourth-order valence-corrected chi connectivity index (χ4v) is 1.94. The zero-order valence-corrected chi connectivity index (χ0v) is 10.1. The highest BCUT2D eigenvalue weighted by Crippen LogP contribution is 2.27. The molecule has 0 aliphatic carbocycles. The molecule has 0 saturated carbocycles. The van der Waals surface area contributed by atoms with E-state index in [0.29, 0.717) is 5.69 Å². The van der Waals surface area contributed by atoms with Crippen molar-refractivity contribution in [3.63, 3.8) is 0 Å². The van der Waals surface area contributed by atoms with E-state index in [1.54, 1.807) is 23.9 Å².